The van der Waals surface area contributed by atoms with Gasteiger partial charge in [0.15, 0.2) is 0 Å². The van der Waals surface area contributed by atoms with E-state index in [9.17, 15) is 13.6 Å². The second-order valence-electron chi connectivity index (χ2n) is 3.26. The van der Waals surface area contributed by atoms with Crippen molar-refractivity contribution < 1.29 is 23.8 Å². The van der Waals surface area contributed by atoms with Gasteiger partial charge in [0.05, 0.1) is 0 Å². The molecule has 0 saturated carbocycles. The third-order valence-corrected chi connectivity index (χ3v) is 1.94. The van der Waals surface area contributed by atoms with Crippen LogP contribution >= 0.6 is 0 Å². The van der Waals surface area contributed by atoms with E-state index in [0.29, 0.717) is 0 Å². The average Bonchev–Trinajstić information content (AvgIpc) is 2.34. The minimum absolute atomic E-state index is 0.0671. The number of carbonyl (C=O) groups is 1. The Morgan fingerprint density at radius 1 is 0.889 bits per heavy atom. The van der Waals surface area contributed by atoms with Crippen molar-refractivity contribution in [1.29, 1.82) is 0 Å². The monoisotopic (exact) mass is 252 g/mol. The van der Waals surface area contributed by atoms with Gasteiger partial charge in [-0.25, -0.2) is 13.6 Å². The Bertz CT molecular complexity index is 503. The molecule has 0 atom stereocenters. The largest absolute Gasteiger partial charge is 0.507 e. The maximum absolute atomic E-state index is 11.9. The molecule has 0 saturated heterocycles. The molecule has 0 unspecified atom stereocenters. The molecule has 18 heavy (non-hydrogen) atoms. The van der Waals surface area contributed by atoms with E-state index in [0.717, 1.165) is 24.3 Å². The number of hydrogen-bond acceptors (Lipinski definition) is 2. The number of rotatable bonds is 1. The first-order valence-electron chi connectivity index (χ1n) is 4.93. The molecule has 0 heterocycles. The van der Waals surface area contributed by atoms with Gasteiger partial charge in [-0.05, 0) is 36.4 Å². The van der Waals surface area contributed by atoms with Gasteiger partial charge in [0.2, 0.25) is 0 Å². The van der Waals surface area contributed by atoms with E-state index in [1.54, 1.807) is 12.1 Å². The Hall–Kier alpha value is -2.43. The quantitative estimate of drug-likeness (QED) is 0.820. The highest BCUT2D eigenvalue weighted by Crippen LogP contribution is 2.14. The molecule has 5 heteroatoms. The molecule has 2 aromatic carbocycles. The van der Waals surface area contributed by atoms with Gasteiger partial charge in [-0.1, -0.05) is 12.1 Å². The van der Waals surface area contributed by atoms with Gasteiger partial charge in [0, 0.05) is 0 Å². The summed E-state index contributed by atoms with van der Waals surface area (Å²) >= 11 is 0. The molecular weight excluding hydrogens is 242 g/mol. The van der Waals surface area contributed by atoms with E-state index in [2.05, 4.69) is 0 Å². The van der Waals surface area contributed by atoms with E-state index >= 15 is 0 Å². The van der Waals surface area contributed by atoms with Crippen LogP contribution in [0.1, 0.15) is 10.4 Å². The zero-order valence-corrected chi connectivity index (χ0v) is 9.18. The normalized spacial score (nSPS) is 9.22. The van der Waals surface area contributed by atoms with Crippen molar-refractivity contribution in [3.05, 3.63) is 65.7 Å². The highest BCUT2D eigenvalue weighted by molar-refractivity contribution is 5.90. The number of benzene rings is 2. The van der Waals surface area contributed by atoms with E-state index in [1.165, 1.54) is 12.1 Å². The Morgan fingerprint density at radius 2 is 1.33 bits per heavy atom. The number of halogens is 2. The van der Waals surface area contributed by atoms with E-state index in [1.807, 2.05) is 0 Å². The third kappa shape index (κ3) is 4.21. The first kappa shape index (κ1) is 13.6. The van der Waals surface area contributed by atoms with Crippen molar-refractivity contribution in [2.24, 2.45) is 0 Å². The SMILES string of the molecule is Fc1ccc(F)cc1.O=C(O)c1ccccc1O. The zero-order valence-electron chi connectivity index (χ0n) is 9.18. The van der Waals surface area contributed by atoms with Crippen LogP contribution in [0.2, 0.25) is 0 Å². The van der Waals surface area contributed by atoms with Gasteiger partial charge in [-0.3, -0.25) is 0 Å². The number of phenols is 1. The fourth-order valence-corrected chi connectivity index (χ4v) is 1.08. The molecule has 2 rings (SSSR count). The van der Waals surface area contributed by atoms with Crippen LogP contribution in [-0.2, 0) is 0 Å². The second kappa shape index (κ2) is 6.34. The highest BCUT2D eigenvalue weighted by Gasteiger charge is 2.05. The Morgan fingerprint density at radius 3 is 1.67 bits per heavy atom. The van der Waals surface area contributed by atoms with Crippen LogP contribution in [0, 0.1) is 11.6 Å². The fourth-order valence-electron chi connectivity index (χ4n) is 1.08. The van der Waals surface area contributed by atoms with Crippen LogP contribution in [-0.4, -0.2) is 16.2 Å². The first-order chi connectivity index (χ1) is 8.50. The van der Waals surface area contributed by atoms with Crippen molar-refractivity contribution in [1.82, 2.24) is 0 Å². The number of aromatic hydroxyl groups is 1. The van der Waals surface area contributed by atoms with Gasteiger partial charge in [0.1, 0.15) is 22.9 Å². The Balaban J connectivity index is 0.000000184. The van der Waals surface area contributed by atoms with Crippen molar-refractivity contribution in [3.63, 3.8) is 0 Å². The Labute approximate surface area is 102 Å². The van der Waals surface area contributed by atoms with Crippen LogP contribution in [0.4, 0.5) is 8.78 Å². The van der Waals surface area contributed by atoms with Gasteiger partial charge < -0.3 is 10.2 Å². The minimum Gasteiger partial charge on any atom is -0.507 e. The standard InChI is InChI=1S/C7H6O3.C6H4F2/c8-6-4-2-1-3-5(6)7(9)10;7-5-1-2-6(8)4-3-5/h1-4,8H,(H,9,10);1-4H. The lowest BCUT2D eigenvalue weighted by Crippen LogP contribution is -1.95. The van der Waals surface area contributed by atoms with Gasteiger partial charge in [0.25, 0.3) is 0 Å². The summed E-state index contributed by atoms with van der Waals surface area (Å²) in [6.07, 6.45) is 0. The number of carboxylic acids is 1. The number of aromatic carboxylic acids is 1. The topological polar surface area (TPSA) is 57.5 Å². The zero-order chi connectivity index (χ0) is 13.5. The lowest BCUT2D eigenvalue weighted by Gasteiger charge is -1.95. The summed E-state index contributed by atoms with van der Waals surface area (Å²) in [5.74, 6) is -2.13. The molecule has 2 aromatic rings. The molecule has 0 aliphatic rings. The first-order valence-corrected chi connectivity index (χ1v) is 4.93. The van der Waals surface area contributed by atoms with Crippen LogP contribution in [0.15, 0.2) is 48.5 Å². The molecule has 0 amide bonds. The molecule has 0 bridgehead atoms. The van der Waals surface area contributed by atoms with Crippen molar-refractivity contribution in [2.75, 3.05) is 0 Å². The summed E-state index contributed by atoms with van der Waals surface area (Å²) in [6.45, 7) is 0. The van der Waals surface area contributed by atoms with Crippen LogP contribution in [0.5, 0.6) is 5.75 Å². The average molecular weight is 252 g/mol. The number of carboxylic acid groups (broad SMARTS) is 1. The lowest BCUT2D eigenvalue weighted by atomic mass is 10.2. The predicted molar refractivity (Wildman–Crippen MR) is 61.4 cm³/mol. The van der Waals surface area contributed by atoms with Crippen molar-refractivity contribution in [2.45, 2.75) is 0 Å². The van der Waals surface area contributed by atoms with E-state index in [4.69, 9.17) is 10.2 Å². The van der Waals surface area contributed by atoms with Crippen LogP contribution < -0.4 is 0 Å². The van der Waals surface area contributed by atoms with Crippen LogP contribution in [0.3, 0.4) is 0 Å². The van der Waals surface area contributed by atoms with E-state index < -0.39 is 17.6 Å². The van der Waals surface area contributed by atoms with Crippen molar-refractivity contribution in [3.8, 4) is 5.75 Å². The van der Waals surface area contributed by atoms with Crippen molar-refractivity contribution >= 4 is 5.97 Å². The van der Waals surface area contributed by atoms with E-state index in [-0.39, 0.29) is 11.3 Å². The fraction of sp³-hybridized carbons (Fsp3) is 0. The molecule has 0 aromatic heterocycles. The minimum atomic E-state index is -1.11. The maximum Gasteiger partial charge on any atom is 0.339 e. The summed E-state index contributed by atoms with van der Waals surface area (Å²) in [5, 5.41) is 17.3. The molecule has 2 N–H and O–H groups in total. The molecule has 0 aliphatic heterocycles. The maximum atomic E-state index is 11.9. The number of hydrogen-bond donors (Lipinski definition) is 2. The molecular formula is C13H10F2O3. The summed E-state index contributed by atoms with van der Waals surface area (Å²) in [5.41, 5.74) is -0.0671. The van der Waals surface area contributed by atoms with Gasteiger partial charge in [-0.15, -0.1) is 0 Å². The highest BCUT2D eigenvalue weighted by atomic mass is 19.1. The lowest BCUT2D eigenvalue weighted by molar-refractivity contribution is 0.0693. The summed E-state index contributed by atoms with van der Waals surface area (Å²) in [4.78, 5) is 10.3. The summed E-state index contributed by atoms with van der Waals surface area (Å²) in [6, 6.07) is 10.1. The molecule has 3 nitrogen and oxygen atoms in total. The Kier molecular flexibility index (Phi) is 4.80. The second-order valence-corrected chi connectivity index (χ2v) is 3.26. The molecule has 0 spiro atoms. The van der Waals surface area contributed by atoms with Gasteiger partial charge in [-0.2, -0.15) is 0 Å². The summed E-state index contributed by atoms with van der Waals surface area (Å²) in [7, 11) is 0. The molecule has 94 valence electrons. The van der Waals surface area contributed by atoms with Gasteiger partial charge >= 0.3 is 5.97 Å². The molecule has 0 aliphatic carbocycles. The predicted octanol–water partition coefficient (Wildman–Crippen LogP) is 3.06. The van der Waals surface area contributed by atoms with Crippen LogP contribution in [0.25, 0.3) is 0 Å². The third-order valence-electron chi connectivity index (χ3n) is 1.94. The summed E-state index contributed by atoms with van der Waals surface area (Å²) < 4.78 is 23.8. The smallest absolute Gasteiger partial charge is 0.339 e. The number of para-hydroxylation sites is 1. The molecule has 0 fully saturated rings. The molecule has 0 radical (unpaired) electrons.